The van der Waals surface area contributed by atoms with Crippen LogP contribution < -0.4 is 5.32 Å². The molecule has 0 aliphatic carbocycles. The normalized spacial score (nSPS) is 12.2. The van der Waals surface area contributed by atoms with Gasteiger partial charge in [-0.05, 0) is 31.7 Å². The van der Waals surface area contributed by atoms with Gasteiger partial charge in [-0.1, -0.05) is 44.2 Å². The number of amides is 1. The van der Waals surface area contributed by atoms with Crippen LogP contribution in [0.15, 0.2) is 36.5 Å². The Morgan fingerprint density at radius 1 is 1.19 bits per heavy atom. The second-order valence-electron chi connectivity index (χ2n) is 6.43. The van der Waals surface area contributed by atoms with Gasteiger partial charge in [-0.2, -0.15) is 5.10 Å². The van der Waals surface area contributed by atoms with Gasteiger partial charge in [0.25, 0.3) is 5.91 Å². The van der Waals surface area contributed by atoms with Crippen LogP contribution in [0.2, 0.25) is 0 Å². The lowest BCUT2D eigenvalue weighted by Gasteiger charge is -2.19. The maximum Gasteiger partial charge on any atom is 0.303 e. The molecule has 1 aromatic carbocycles. The number of aliphatic carboxylic acids is 1. The number of rotatable bonds is 9. The molecule has 0 radical (unpaired) electrons. The smallest absolute Gasteiger partial charge is 0.303 e. The fourth-order valence-electron chi connectivity index (χ4n) is 3.16. The average molecular weight is 357 g/mol. The number of aromatic nitrogens is 2. The first-order valence-electron chi connectivity index (χ1n) is 9.09. The van der Waals surface area contributed by atoms with E-state index in [0.717, 1.165) is 24.1 Å². The van der Waals surface area contributed by atoms with Crippen LogP contribution in [0.1, 0.15) is 73.2 Å². The van der Waals surface area contributed by atoms with E-state index in [4.69, 9.17) is 5.11 Å². The monoisotopic (exact) mass is 357 g/mol. The van der Waals surface area contributed by atoms with Crippen LogP contribution in [0.25, 0.3) is 0 Å². The lowest BCUT2D eigenvalue weighted by molar-refractivity contribution is -0.137. The van der Waals surface area contributed by atoms with Gasteiger partial charge in [0, 0.05) is 12.1 Å². The minimum absolute atomic E-state index is 0.00811. The van der Waals surface area contributed by atoms with Crippen molar-refractivity contribution in [2.24, 2.45) is 0 Å². The zero-order chi connectivity index (χ0) is 19.1. The molecule has 0 fully saturated rings. The van der Waals surface area contributed by atoms with Gasteiger partial charge in [-0.3, -0.25) is 14.3 Å². The predicted molar refractivity (Wildman–Crippen MR) is 100 cm³/mol. The first-order valence-corrected chi connectivity index (χ1v) is 9.09. The van der Waals surface area contributed by atoms with Crippen LogP contribution in [-0.2, 0) is 4.79 Å². The van der Waals surface area contributed by atoms with E-state index < -0.39 is 5.97 Å². The van der Waals surface area contributed by atoms with E-state index in [0.29, 0.717) is 12.0 Å². The summed E-state index contributed by atoms with van der Waals surface area (Å²) in [5.74, 6) is -1.10. The molecule has 0 saturated carbocycles. The Kier molecular flexibility index (Phi) is 6.95. The number of hydrogen-bond acceptors (Lipinski definition) is 3. The van der Waals surface area contributed by atoms with Crippen LogP contribution in [0.5, 0.6) is 0 Å². The van der Waals surface area contributed by atoms with E-state index >= 15 is 0 Å². The van der Waals surface area contributed by atoms with E-state index in [1.165, 1.54) is 0 Å². The zero-order valence-electron chi connectivity index (χ0n) is 15.6. The number of benzene rings is 1. The molecule has 26 heavy (non-hydrogen) atoms. The van der Waals surface area contributed by atoms with Gasteiger partial charge in [0.05, 0.1) is 23.8 Å². The molecule has 0 aliphatic rings. The minimum Gasteiger partial charge on any atom is -0.481 e. The number of hydrogen-bond donors (Lipinski definition) is 2. The number of nitrogens with one attached hydrogen (secondary N) is 1. The van der Waals surface area contributed by atoms with Crippen molar-refractivity contribution >= 4 is 11.9 Å². The molecule has 0 spiro atoms. The van der Waals surface area contributed by atoms with Crippen molar-refractivity contribution in [2.75, 3.05) is 0 Å². The van der Waals surface area contributed by atoms with Crippen molar-refractivity contribution in [3.05, 3.63) is 53.3 Å². The largest absolute Gasteiger partial charge is 0.481 e. The van der Waals surface area contributed by atoms with E-state index in [1.54, 1.807) is 6.20 Å². The van der Waals surface area contributed by atoms with E-state index in [-0.39, 0.29) is 24.4 Å². The molecule has 6 heteroatoms. The maximum absolute atomic E-state index is 12.8. The molecule has 1 heterocycles. The van der Waals surface area contributed by atoms with Gasteiger partial charge >= 0.3 is 5.97 Å². The third-order valence-electron chi connectivity index (χ3n) is 4.73. The van der Waals surface area contributed by atoms with Crippen LogP contribution in [0.4, 0.5) is 0 Å². The summed E-state index contributed by atoms with van der Waals surface area (Å²) in [6, 6.07) is 9.37. The summed E-state index contributed by atoms with van der Waals surface area (Å²) in [5, 5.41) is 16.4. The number of carbonyl (C=O) groups is 2. The highest BCUT2D eigenvalue weighted by atomic mass is 16.4. The number of carbonyl (C=O) groups excluding carboxylic acids is 1. The van der Waals surface area contributed by atoms with Gasteiger partial charge < -0.3 is 10.4 Å². The molecule has 1 aromatic heterocycles. The Hall–Kier alpha value is -2.63. The summed E-state index contributed by atoms with van der Waals surface area (Å²) < 4.78 is 1.91. The van der Waals surface area contributed by atoms with Crippen LogP contribution in [0, 0.1) is 6.92 Å². The maximum atomic E-state index is 12.8. The highest BCUT2D eigenvalue weighted by Gasteiger charge is 2.21. The standard InChI is InChI=1S/C20H27N3O3/c1-4-16(5-2)23-14(3)17(13-21-23)20(26)22-18(11-12-19(24)25)15-9-7-6-8-10-15/h6-10,13,16,18H,4-5,11-12H2,1-3H3,(H,22,26)(H,24,25). The molecule has 1 unspecified atom stereocenters. The lowest BCUT2D eigenvalue weighted by Crippen LogP contribution is -2.29. The van der Waals surface area contributed by atoms with Crippen LogP contribution in [0.3, 0.4) is 0 Å². The third-order valence-corrected chi connectivity index (χ3v) is 4.73. The molecular weight excluding hydrogens is 330 g/mol. The summed E-state index contributed by atoms with van der Waals surface area (Å²) in [6.07, 6.45) is 3.83. The molecule has 1 amide bonds. The van der Waals surface area contributed by atoms with E-state index in [1.807, 2.05) is 41.9 Å². The van der Waals surface area contributed by atoms with Crippen molar-refractivity contribution in [3.8, 4) is 0 Å². The van der Waals surface area contributed by atoms with Crippen molar-refractivity contribution < 1.29 is 14.7 Å². The van der Waals surface area contributed by atoms with Crippen molar-refractivity contribution in [3.63, 3.8) is 0 Å². The van der Waals surface area contributed by atoms with Crippen molar-refractivity contribution in [1.82, 2.24) is 15.1 Å². The number of carboxylic acids is 1. The summed E-state index contributed by atoms with van der Waals surface area (Å²) in [6.45, 7) is 6.10. The zero-order valence-corrected chi connectivity index (χ0v) is 15.6. The van der Waals surface area contributed by atoms with Gasteiger partial charge in [0.1, 0.15) is 0 Å². The number of carboxylic acid groups (broad SMARTS) is 1. The SMILES string of the molecule is CCC(CC)n1ncc(C(=O)NC(CCC(=O)O)c2ccccc2)c1C. The lowest BCUT2D eigenvalue weighted by atomic mass is 10.0. The molecule has 1 atom stereocenters. The Morgan fingerprint density at radius 3 is 2.42 bits per heavy atom. The summed E-state index contributed by atoms with van der Waals surface area (Å²) in [4.78, 5) is 23.8. The molecule has 0 aliphatic heterocycles. The summed E-state index contributed by atoms with van der Waals surface area (Å²) in [5.41, 5.74) is 2.27. The molecule has 0 saturated heterocycles. The Labute approximate surface area is 154 Å². The first kappa shape index (κ1) is 19.7. The van der Waals surface area contributed by atoms with E-state index in [2.05, 4.69) is 24.3 Å². The van der Waals surface area contributed by atoms with Crippen LogP contribution >= 0.6 is 0 Å². The van der Waals surface area contributed by atoms with Gasteiger partial charge in [0.15, 0.2) is 0 Å². The predicted octanol–water partition coefficient (Wildman–Crippen LogP) is 3.89. The molecule has 2 N–H and O–H groups in total. The summed E-state index contributed by atoms with van der Waals surface area (Å²) in [7, 11) is 0. The van der Waals surface area contributed by atoms with Gasteiger partial charge in [0.2, 0.25) is 0 Å². The van der Waals surface area contributed by atoms with Crippen molar-refractivity contribution in [2.45, 2.75) is 58.5 Å². The molecule has 6 nitrogen and oxygen atoms in total. The minimum atomic E-state index is -0.877. The number of nitrogens with zero attached hydrogens (tertiary/aromatic N) is 2. The molecule has 2 rings (SSSR count). The van der Waals surface area contributed by atoms with Crippen LogP contribution in [-0.4, -0.2) is 26.8 Å². The molecule has 140 valence electrons. The highest BCUT2D eigenvalue weighted by molar-refractivity contribution is 5.95. The third kappa shape index (κ3) is 4.71. The van der Waals surface area contributed by atoms with E-state index in [9.17, 15) is 9.59 Å². The topological polar surface area (TPSA) is 84.2 Å². The quantitative estimate of drug-likeness (QED) is 0.713. The van der Waals surface area contributed by atoms with Gasteiger partial charge in [-0.15, -0.1) is 0 Å². The fourth-order valence-corrected chi connectivity index (χ4v) is 3.16. The first-order chi connectivity index (χ1) is 12.5. The summed E-state index contributed by atoms with van der Waals surface area (Å²) >= 11 is 0. The Balaban J connectivity index is 2.20. The fraction of sp³-hybridized carbons (Fsp3) is 0.450. The van der Waals surface area contributed by atoms with Crippen molar-refractivity contribution in [1.29, 1.82) is 0 Å². The highest BCUT2D eigenvalue weighted by Crippen LogP contribution is 2.22. The molecular formula is C20H27N3O3. The second-order valence-corrected chi connectivity index (χ2v) is 6.43. The Morgan fingerprint density at radius 2 is 1.85 bits per heavy atom. The van der Waals surface area contributed by atoms with Gasteiger partial charge in [-0.25, -0.2) is 0 Å². The Bertz CT molecular complexity index is 736. The second kappa shape index (κ2) is 9.17. The average Bonchev–Trinajstić information content (AvgIpc) is 3.02. The molecule has 2 aromatic rings. The molecule has 0 bridgehead atoms.